The molecule has 0 saturated heterocycles. The number of anilines is 16. The Bertz CT molecular complexity index is 6080. The summed E-state index contributed by atoms with van der Waals surface area (Å²) in [6.45, 7) is -1.38. The SMILES string of the molecule is NC(=O)CCNS(=O)(=O)c1cccc(Nc2nc(Nc3cccc(S(=O)(=O)NCCC(N)=O)c3)nc(Nc3ccc(Nc4ccc(-c5ccc(Nc6ccc(Nc7nc(Nc8cccc(S(=O)(=O)NCCC(N)=O)c8)nc(Nc8cccc(S(=O)(=O)NCCC(N)=O)c8)n7)cc6S(=O)(=O)[O-])cc5S(=O)(=O)O)c(S(=O)(=O)O)c4)c(S(=O)(=O)[O-])c3)n2)c1. The molecule has 0 unspecified atom stereocenters. The quantitative estimate of drug-likeness (QED) is 0.0245. The molecule has 10 aromatic rings. The molecule has 634 valence electrons. The summed E-state index contributed by atoms with van der Waals surface area (Å²) < 4.78 is 267. The molecular formula is C66H66N22O24S8-2. The van der Waals surface area contributed by atoms with Gasteiger partial charge in [-0.3, -0.25) is 28.3 Å². The van der Waals surface area contributed by atoms with Crippen LogP contribution in [-0.4, -0.2) is 165 Å². The minimum Gasteiger partial charge on any atom is -0.744 e. The molecule has 10 rings (SSSR count). The molecule has 4 amide bonds. The van der Waals surface area contributed by atoms with Gasteiger partial charge in [-0.1, -0.05) is 36.4 Å². The summed E-state index contributed by atoms with van der Waals surface area (Å²) in [5.41, 5.74) is 16.9. The number of carbonyl (C=O) groups is 4. The molecule has 22 N–H and O–H groups in total. The summed E-state index contributed by atoms with van der Waals surface area (Å²) in [5, 5.41) is 21.7. The summed E-state index contributed by atoms with van der Waals surface area (Å²) in [5.74, 6) is -5.53. The van der Waals surface area contributed by atoms with Crippen molar-refractivity contribution in [2.45, 2.75) is 64.8 Å². The normalized spacial score (nSPS) is 12.2. The molecule has 0 aliphatic carbocycles. The van der Waals surface area contributed by atoms with E-state index in [9.17, 15) is 105 Å². The third kappa shape index (κ3) is 24.7. The molecule has 0 atom stereocenters. The average molecular weight is 1810 g/mol. The Hall–Kier alpha value is -12.7. The van der Waals surface area contributed by atoms with Gasteiger partial charge >= 0.3 is 0 Å². The van der Waals surface area contributed by atoms with Crippen LogP contribution in [0.15, 0.2) is 209 Å². The largest absolute Gasteiger partial charge is 0.744 e. The molecule has 8 aromatic carbocycles. The van der Waals surface area contributed by atoms with Gasteiger partial charge in [-0.05, 0) is 133 Å². The zero-order valence-corrected chi connectivity index (χ0v) is 67.5. The number of primary amides is 4. The Labute approximate surface area is 683 Å². The lowest BCUT2D eigenvalue weighted by Gasteiger charge is -2.19. The minimum atomic E-state index is -5.58. The second kappa shape index (κ2) is 36.7. The maximum atomic E-state index is 13.3. The molecule has 0 spiro atoms. The molecule has 2 aromatic heterocycles. The van der Waals surface area contributed by atoms with Crippen molar-refractivity contribution in [2.75, 3.05) is 68.7 Å². The number of hydrogen-bond acceptors (Lipinski definition) is 36. The highest BCUT2D eigenvalue weighted by molar-refractivity contribution is 7.90. The monoisotopic (exact) mass is 1810 g/mol. The van der Waals surface area contributed by atoms with E-state index < -0.39 is 170 Å². The highest BCUT2D eigenvalue weighted by Crippen LogP contribution is 2.40. The molecule has 0 radical (unpaired) electrons. The van der Waals surface area contributed by atoms with Crippen molar-refractivity contribution in [3.63, 3.8) is 0 Å². The van der Waals surface area contributed by atoms with Crippen LogP contribution in [0.3, 0.4) is 0 Å². The Morgan fingerprint density at radius 2 is 0.492 bits per heavy atom. The van der Waals surface area contributed by atoms with Gasteiger partial charge in [0.05, 0.1) is 40.7 Å². The lowest BCUT2D eigenvalue weighted by molar-refractivity contribution is -0.118. The zero-order chi connectivity index (χ0) is 87.5. The lowest BCUT2D eigenvalue weighted by Crippen LogP contribution is -2.28. The number of nitrogens with two attached hydrogens (primary N) is 4. The molecular weight excluding hydrogens is 1740 g/mol. The number of nitrogens with one attached hydrogen (secondary N) is 12. The van der Waals surface area contributed by atoms with Gasteiger partial charge in [0.25, 0.3) is 20.2 Å². The Kier molecular flexibility index (Phi) is 27.4. The molecule has 46 nitrogen and oxygen atoms in total. The van der Waals surface area contributed by atoms with Crippen LogP contribution >= 0.6 is 0 Å². The average Bonchev–Trinajstić information content (AvgIpc) is 0.762. The molecule has 54 heteroatoms. The van der Waals surface area contributed by atoms with Crippen LogP contribution in [-0.2, 0) is 99.7 Å². The van der Waals surface area contributed by atoms with E-state index in [1.165, 1.54) is 72.8 Å². The minimum absolute atomic E-state index is 0.0270. The fourth-order valence-electron chi connectivity index (χ4n) is 10.6. The first-order chi connectivity index (χ1) is 56.1. The summed E-state index contributed by atoms with van der Waals surface area (Å²) >= 11 is 0. The van der Waals surface area contributed by atoms with Crippen molar-refractivity contribution in [3.8, 4) is 11.1 Å². The van der Waals surface area contributed by atoms with Crippen molar-refractivity contribution < 1.29 is 105 Å². The summed E-state index contributed by atoms with van der Waals surface area (Å²) in [6.07, 6.45) is -1.32. The maximum absolute atomic E-state index is 13.3. The molecule has 120 heavy (non-hydrogen) atoms. The standard InChI is InChI=1S/C66H68N22O24S8/c67-57(89)21-25-71-113(93,94)45-9-1-5-37(29-45)77-61-83-62(78-38-6-2-10-46(30-38)114(95,96)72-26-22-58(68)90)86-65(85-61)81-43-15-19-51(55(35-43)119(107,108)109)75-41-13-17-49(53(33-41)117(101,102)103)50-18-14-42(34-54(50)118(104,105)106)76-52-20-16-44(36-56(52)120(110,111)112)82-66-87-63(79-39-7-3-11-47(31-39)115(97,98)73-27-23-59(69)91)84-64(88-66)80-40-8-4-12-48(32-40)116(99,100)74-28-24-60(70)92/h1-20,29-36,71-76H,21-28H2,(H2,67,89)(H2,68,90)(H2,69,91)(H2,70,92)(H,101,102,103)(H,104,105,106)(H,107,108,109)(H,110,111,112)(H3,77,78,81,83,85,86)(H3,79,80,82,84,87,88)/p-2. The first-order valence-electron chi connectivity index (χ1n) is 33.8. The molecule has 2 heterocycles. The Morgan fingerprint density at radius 1 is 0.283 bits per heavy atom. The molecule has 0 aliphatic rings. The van der Waals surface area contributed by atoms with Crippen molar-refractivity contribution in [3.05, 3.63) is 170 Å². The smallest absolute Gasteiger partial charge is 0.295 e. The predicted molar refractivity (Wildman–Crippen MR) is 428 cm³/mol. The van der Waals surface area contributed by atoms with Crippen molar-refractivity contribution in [1.82, 2.24) is 48.8 Å². The zero-order valence-electron chi connectivity index (χ0n) is 61.0. The molecule has 0 fully saturated rings. The van der Waals surface area contributed by atoms with Crippen LogP contribution in [0.4, 0.5) is 92.6 Å². The van der Waals surface area contributed by atoms with E-state index >= 15 is 0 Å². The number of sulfonamides is 4. The van der Waals surface area contributed by atoms with Crippen molar-refractivity contribution in [2.24, 2.45) is 22.9 Å². The lowest BCUT2D eigenvalue weighted by atomic mass is 10.0. The van der Waals surface area contributed by atoms with Gasteiger partial charge in [0.1, 0.15) is 30.0 Å². The second-order valence-electron chi connectivity index (χ2n) is 24.9. The van der Waals surface area contributed by atoms with Crippen LogP contribution in [0.25, 0.3) is 11.1 Å². The van der Waals surface area contributed by atoms with Crippen LogP contribution < -0.4 is 84.4 Å². The first-order valence-corrected chi connectivity index (χ1v) is 45.4. The van der Waals surface area contributed by atoms with Crippen LogP contribution in [0.2, 0.25) is 0 Å². The van der Waals surface area contributed by atoms with E-state index in [-0.39, 0.29) is 129 Å². The molecule has 0 bridgehead atoms. The topological polar surface area (TPSA) is 754 Å². The maximum Gasteiger partial charge on any atom is 0.295 e. The number of carbonyl (C=O) groups excluding carboxylic acids is 4. The fourth-order valence-corrected chi connectivity index (χ4v) is 17.7. The Balaban J connectivity index is 0.932. The van der Waals surface area contributed by atoms with E-state index in [2.05, 4.69) is 91.3 Å². The van der Waals surface area contributed by atoms with Gasteiger partial charge in [-0.25, -0.2) is 69.4 Å². The van der Waals surface area contributed by atoms with Crippen LogP contribution in [0.1, 0.15) is 25.7 Å². The van der Waals surface area contributed by atoms with Crippen molar-refractivity contribution >= 4 is 197 Å². The molecule has 0 aliphatic heterocycles. The number of amides is 4. The van der Waals surface area contributed by atoms with Crippen LogP contribution in [0, 0.1) is 0 Å². The predicted octanol–water partition coefficient (Wildman–Crippen LogP) is 2.59. The van der Waals surface area contributed by atoms with Gasteiger partial charge in [0.15, 0.2) is 0 Å². The van der Waals surface area contributed by atoms with E-state index in [1.807, 2.05) is 0 Å². The van der Waals surface area contributed by atoms with E-state index in [4.69, 9.17) is 22.9 Å². The Morgan fingerprint density at radius 3 is 0.708 bits per heavy atom. The van der Waals surface area contributed by atoms with E-state index in [1.54, 1.807) is 0 Å². The van der Waals surface area contributed by atoms with Crippen molar-refractivity contribution in [1.29, 1.82) is 0 Å². The number of nitrogens with zero attached hydrogens (tertiary/aromatic N) is 6. The van der Waals surface area contributed by atoms with Crippen LogP contribution in [0.5, 0.6) is 0 Å². The third-order valence-electron chi connectivity index (χ3n) is 15.9. The van der Waals surface area contributed by atoms with Gasteiger partial charge in [-0.2, -0.15) is 46.7 Å². The summed E-state index contributed by atoms with van der Waals surface area (Å²) in [4.78, 5) is 65.5. The summed E-state index contributed by atoms with van der Waals surface area (Å²) in [6, 6.07) is 31.3. The van der Waals surface area contributed by atoms with Gasteiger partial charge in [0, 0.05) is 108 Å². The number of aromatic nitrogens is 6. The first kappa shape index (κ1) is 89.7. The van der Waals surface area contributed by atoms with Gasteiger partial charge < -0.3 is 74.6 Å². The fraction of sp³-hybridized carbons (Fsp3) is 0.121. The van der Waals surface area contributed by atoms with E-state index in [0.29, 0.717) is 12.1 Å². The number of hydrogen-bond donors (Lipinski definition) is 18. The highest BCUT2D eigenvalue weighted by atomic mass is 32.2. The number of rotatable bonds is 41. The summed E-state index contributed by atoms with van der Waals surface area (Å²) in [7, 11) is -39.2. The highest BCUT2D eigenvalue weighted by Gasteiger charge is 2.28. The van der Waals surface area contributed by atoms with Gasteiger partial charge in [-0.15, -0.1) is 0 Å². The molecule has 0 saturated carbocycles. The van der Waals surface area contributed by atoms with E-state index in [0.717, 1.165) is 84.9 Å². The second-order valence-corrected chi connectivity index (χ2v) is 37.4. The third-order valence-corrected chi connectivity index (χ3v) is 25.3. The number of benzene rings is 8. The van der Waals surface area contributed by atoms with Gasteiger partial charge in [0.2, 0.25) is 99.4 Å².